The molecule has 15 heteroatoms. The quantitative estimate of drug-likeness (QED) is 0.309. The second-order valence-electron chi connectivity index (χ2n) is 14.7. The number of phenolic OH excluding ortho intramolecular Hbond substituents is 1. The van der Waals surface area contributed by atoms with Crippen molar-refractivity contribution in [3.05, 3.63) is 59.7 Å². The number of aliphatic carboxylic acids is 1. The Labute approximate surface area is 317 Å². The minimum atomic E-state index is -1.08. The third-order valence-corrected chi connectivity index (χ3v) is 11.4. The zero-order chi connectivity index (χ0) is 38.4. The number of hydrogen-bond donors (Lipinski definition) is 3. The number of carbonyl (C=O) groups excluding carboxylic acids is 4. The number of nitrogens with one attached hydrogen (secondary N) is 1. The largest absolute Gasteiger partial charge is 0.508 e. The van der Waals surface area contributed by atoms with Crippen LogP contribution < -0.4 is 10.8 Å². The first-order chi connectivity index (χ1) is 26.0. The molecule has 2 aromatic rings. The van der Waals surface area contributed by atoms with Gasteiger partial charge in [0.25, 0.3) is 5.91 Å². The van der Waals surface area contributed by atoms with Crippen LogP contribution in [0.1, 0.15) is 55.2 Å². The Morgan fingerprint density at radius 3 is 2.24 bits per heavy atom. The number of rotatable bonds is 10. The fourth-order valence-electron chi connectivity index (χ4n) is 8.21. The van der Waals surface area contributed by atoms with Crippen molar-refractivity contribution in [2.75, 3.05) is 64.2 Å². The minimum absolute atomic E-state index is 0.00540. The molecule has 3 fully saturated rings. The number of carboxylic acids is 1. The normalized spacial score (nSPS) is 19.4. The Bertz CT molecular complexity index is 1730. The molecule has 1 atom stereocenters. The van der Waals surface area contributed by atoms with Crippen LogP contribution in [0.15, 0.2) is 43.0 Å². The van der Waals surface area contributed by atoms with Gasteiger partial charge in [-0.05, 0) is 60.8 Å². The average Bonchev–Trinajstić information content (AvgIpc) is 3.35. The van der Waals surface area contributed by atoms with E-state index in [2.05, 4.69) is 16.8 Å². The van der Waals surface area contributed by atoms with E-state index in [0.717, 1.165) is 36.1 Å². The van der Waals surface area contributed by atoms with Crippen molar-refractivity contribution in [1.29, 1.82) is 0 Å². The van der Waals surface area contributed by atoms with Crippen LogP contribution in [0.3, 0.4) is 0 Å². The van der Waals surface area contributed by atoms with E-state index < -0.39 is 18.2 Å². The summed E-state index contributed by atoms with van der Waals surface area (Å²) < 4.78 is 6.06. The first-order valence-corrected chi connectivity index (χ1v) is 19.1. The minimum Gasteiger partial charge on any atom is -0.508 e. The summed E-state index contributed by atoms with van der Waals surface area (Å²) in [4.78, 5) is 73.6. The molecule has 5 amide bonds. The maximum atomic E-state index is 14.2. The van der Waals surface area contributed by atoms with E-state index in [1.807, 2.05) is 29.2 Å². The van der Waals surface area contributed by atoms with Crippen molar-refractivity contribution in [3.8, 4) is 5.75 Å². The van der Waals surface area contributed by atoms with Gasteiger partial charge in [-0.15, -0.1) is 0 Å². The predicted molar refractivity (Wildman–Crippen MR) is 205 cm³/mol. The Morgan fingerprint density at radius 2 is 1.56 bits per heavy atom. The third kappa shape index (κ3) is 9.18. The smallest absolute Gasteiger partial charge is 0.410 e. The van der Waals surface area contributed by atoms with Crippen LogP contribution in [0.2, 0.25) is 0 Å². The second kappa shape index (κ2) is 17.4. The highest BCUT2D eigenvalue weighted by molar-refractivity contribution is 6.34. The van der Waals surface area contributed by atoms with Crippen molar-refractivity contribution >= 4 is 55.0 Å². The fourth-order valence-corrected chi connectivity index (χ4v) is 8.21. The Kier molecular flexibility index (Phi) is 12.5. The van der Waals surface area contributed by atoms with Crippen LogP contribution in [0, 0.1) is 0 Å². The van der Waals surface area contributed by atoms with Gasteiger partial charge in [-0.1, -0.05) is 36.9 Å². The number of para-hydroxylation sites is 1. The van der Waals surface area contributed by atoms with E-state index in [-0.39, 0.29) is 54.9 Å². The van der Waals surface area contributed by atoms with Crippen LogP contribution in [0.5, 0.6) is 5.75 Å². The molecular formula is C39H51BN6O8. The summed E-state index contributed by atoms with van der Waals surface area (Å²) in [6.07, 6.45) is 3.29. The lowest BCUT2D eigenvalue weighted by molar-refractivity contribution is -0.143. The molecule has 6 rings (SSSR count). The average molecular weight is 743 g/mol. The maximum absolute atomic E-state index is 14.2. The number of carbonyl (C=O) groups is 5. The van der Waals surface area contributed by atoms with E-state index >= 15 is 0 Å². The zero-order valence-electron chi connectivity index (χ0n) is 31.1. The number of urea groups is 1. The van der Waals surface area contributed by atoms with Crippen molar-refractivity contribution in [2.24, 2.45) is 0 Å². The number of piperidine rings is 2. The molecule has 0 radical (unpaired) electrons. The van der Waals surface area contributed by atoms with Gasteiger partial charge >= 0.3 is 18.1 Å². The van der Waals surface area contributed by atoms with Gasteiger partial charge < -0.3 is 39.9 Å². The third-order valence-electron chi connectivity index (χ3n) is 11.4. The monoisotopic (exact) mass is 742 g/mol. The number of benzene rings is 2. The Balaban J connectivity index is 1.06. The first-order valence-electron chi connectivity index (χ1n) is 19.1. The number of nitrogens with zero attached hydrogens (tertiary/aromatic N) is 5. The van der Waals surface area contributed by atoms with Crippen molar-refractivity contribution in [2.45, 2.75) is 69.6 Å². The van der Waals surface area contributed by atoms with Crippen LogP contribution in [0.4, 0.5) is 15.3 Å². The summed E-state index contributed by atoms with van der Waals surface area (Å²) >= 11 is 0. The van der Waals surface area contributed by atoms with Crippen molar-refractivity contribution in [3.63, 3.8) is 0 Å². The van der Waals surface area contributed by atoms with Gasteiger partial charge in [0, 0.05) is 95.1 Å². The molecule has 0 unspecified atom stereocenters. The number of anilines is 1. The molecular weight excluding hydrogens is 691 g/mol. The molecule has 54 heavy (non-hydrogen) atoms. The number of aromatic hydroxyl groups is 1. The van der Waals surface area contributed by atoms with E-state index in [1.54, 1.807) is 40.8 Å². The van der Waals surface area contributed by atoms with E-state index in [1.165, 1.54) is 0 Å². The summed E-state index contributed by atoms with van der Waals surface area (Å²) in [7, 11) is 1.78. The number of likely N-dealkylation sites (tertiary alicyclic amines) is 2. The highest BCUT2D eigenvalue weighted by Crippen LogP contribution is 2.26. The predicted octanol–water partition coefficient (Wildman–Crippen LogP) is 1.90. The van der Waals surface area contributed by atoms with E-state index in [0.29, 0.717) is 82.8 Å². The van der Waals surface area contributed by atoms with E-state index in [9.17, 15) is 29.1 Å². The molecule has 4 aliphatic heterocycles. The molecule has 0 aromatic heterocycles. The summed E-state index contributed by atoms with van der Waals surface area (Å²) in [6.45, 7) is 8.65. The number of phenols is 1. The number of ether oxygens (including phenoxy) is 1. The van der Waals surface area contributed by atoms with Gasteiger partial charge in [0.15, 0.2) is 6.10 Å². The molecule has 2 aromatic carbocycles. The van der Waals surface area contributed by atoms with Crippen LogP contribution in [-0.4, -0.2) is 150 Å². The standard InChI is InChI=1S/C39H51BN6O8/c1-2-27-23-26(24-31(40)36(27)50)25-33(37(51)44-14-10-29(11-15-44)42-19-21-43(22-20-42)34(47)7-8-35(48)49)54-39(53)45-16-12-30(13-17-45)46-18-9-28-5-3-4-6-32(28)41-38(46)52/h2-6,23-24,29-30,33,50H,1,7-22,25,40H2,(H,41,52)(H,48,49)/t33-/m1/s1. The summed E-state index contributed by atoms with van der Waals surface area (Å²) in [5.41, 5.74) is 3.84. The SMILES string of the molecule is Bc1cc(C[C@@H](OC(=O)N2CCC(N3CCc4ccccc4NC3=O)CC2)C(=O)N2CCC(N3CCN(C(=O)CCC(=O)O)CC3)CC2)cc(C=C)c1O. The summed E-state index contributed by atoms with van der Waals surface area (Å²) in [5, 5.41) is 22.4. The van der Waals surface area contributed by atoms with Crippen LogP contribution in [0.25, 0.3) is 6.08 Å². The molecule has 4 aliphatic rings. The molecule has 0 bridgehead atoms. The number of hydrogen-bond acceptors (Lipinski definition) is 8. The molecule has 288 valence electrons. The molecule has 14 nitrogen and oxygen atoms in total. The van der Waals surface area contributed by atoms with Crippen LogP contribution in [-0.2, 0) is 32.0 Å². The lowest BCUT2D eigenvalue weighted by Crippen LogP contribution is -2.56. The first kappa shape index (κ1) is 38.7. The molecule has 4 heterocycles. The Hall–Kier alpha value is -5.05. The van der Waals surface area contributed by atoms with Gasteiger partial charge in [0.1, 0.15) is 13.6 Å². The topological polar surface area (TPSA) is 163 Å². The van der Waals surface area contributed by atoms with Gasteiger partial charge in [-0.25, -0.2) is 9.59 Å². The lowest BCUT2D eigenvalue weighted by Gasteiger charge is -2.43. The fraction of sp³-hybridized carbons (Fsp3) is 0.513. The Morgan fingerprint density at radius 1 is 0.889 bits per heavy atom. The summed E-state index contributed by atoms with van der Waals surface area (Å²) in [5.74, 6) is -1.27. The second-order valence-corrected chi connectivity index (χ2v) is 14.7. The number of fused-ring (bicyclic) bond motifs is 1. The number of piperazine rings is 1. The molecule has 0 saturated carbocycles. The molecule has 3 saturated heterocycles. The van der Waals surface area contributed by atoms with Crippen LogP contribution >= 0.6 is 0 Å². The lowest BCUT2D eigenvalue weighted by atomic mass is 9.89. The molecule has 0 spiro atoms. The number of amides is 5. The zero-order valence-corrected chi connectivity index (χ0v) is 31.1. The highest BCUT2D eigenvalue weighted by atomic mass is 16.6. The van der Waals surface area contributed by atoms with E-state index in [4.69, 9.17) is 9.84 Å². The van der Waals surface area contributed by atoms with Crippen molar-refractivity contribution < 1.29 is 38.9 Å². The molecule has 3 N–H and O–H groups in total. The van der Waals surface area contributed by atoms with Gasteiger partial charge in [-0.2, -0.15) is 0 Å². The number of carboxylic acid groups (broad SMARTS) is 1. The van der Waals surface area contributed by atoms with Crippen molar-refractivity contribution in [1.82, 2.24) is 24.5 Å². The summed E-state index contributed by atoms with van der Waals surface area (Å²) in [6, 6.07) is 11.4. The van der Waals surface area contributed by atoms with Gasteiger partial charge in [0.2, 0.25) is 5.91 Å². The van der Waals surface area contributed by atoms with Gasteiger partial charge in [0.05, 0.1) is 6.42 Å². The van der Waals surface area contributed by atoms with Gasteiger partial charge in [-0.3, -0.25) is 19.3 Å². The molecule has 0 aliphatic carbocycles. The highest BCUT2D eigenvalue weighted by Gasteiger charge is 2.37. The maximum Gasteiger partial charge on any atom is 0.410 e.